The number of hydrogen-bond donors (Lipinski definition) is 1. The lowest BCUT2D eigenvalue weighted by Gasteiger charge is -2.17. The topological polar surface area (TPSA) is 61.9 Å². The van der Waals surface area contributed by atoms with Crippen LogP contribution in [-0.2, 0) is 9.59 Å². The number of ether oxygens (including phenoxy) is 1. The van der Waals surface area contributed by atoms with Crippen LogP contribution in [0.5, 0.6) is 5.75 Å². The molecule has 10 heteroatoms. The van der Waals surface area contributed by atoms with E-state index >= 15 is 0 Å². The fraction of sp³-hybridized carbons (Fsp3) is 0.115. The standard InChI is InChI=1S/C26H21Cl2N3O3S2/c1-30(2)18-6-8-19(9-7-18)31-25(33)23(36-26(31)35)13-16-3-10-20(11-4-16)34-15-24(32)29-22-12-5-17(27)14-21(22)28/h3-14H,15H2,1-2H3,(H,29,32)/b23-13-. The maximum absolute atomic E-state index is 13.0. The summed E-state index contributed by atoms with van der Waals surface area (Å²) in [4.78, 5) is 29.3. The van der Waals surface area contributed by atoms with Crippen LogP contribution in [0.3, 0.4) is 0 Å². The second kappa shape index (κ2) is 11.3. The number of benzene rings is 3. The van der Waals surface area contributed by atoms with E-state index in [2.05, 4.69) is 5.32 Å². The lowest BCUT2D eigenvalue weighted by atomic mass is 10.2. The summed E-state index contributed by atoms with van der Waals surface area (Å²) in [7, 11) is 3.92. The molecule has 36 heavy (non-hydrogen) atoms. The first-order chi connectivity index (χ1) is 17.2. The van der Waals surface area contributed by atoms with Gasteiger partial charge < -0.3 is 15.0 Å². The summed E-state index contributed by atoms with van der Waals surface area (Å²) in [6.45, 7) is -0.191. The molecule has 1 aliphatic heterocycles. The Bertz CT molecular complexity index is 1340. The van der Waals surface area contributed by atoms with Crippen molar-refractivity contribution in [3.05, 3.63) is 87.2 Å². The lowest BCUT2D eigenvalue weighted by Crippen LogP contribution is -2.27. The molecule has 1 aliphatic rings. The number of thiocarbonyl (C=S) groups is 1. The van der Waals surface area contributed by atoms with Gasteiger partial charge in [-0.1, -0.05) is 59.3 Å². The van der Waals surface area contributed by atoms with Gasteiger partial charge in [-0.2, -0.15) is 0 Å². The number of rotatable bonds is 7. The SMILES string of the molecule is CN(C)c1ccc(N2C(=O)/C(=C/c3ccc(OCC(=O)Nc4ccc(Cl)cc4Cl)cc3)SC2=S)cc1. The number of anilines is 3. The van der Waals surface area contributed by atoms with E-state index in [0.717, 1.165) is 16.9 Å². The van der Waals surface area contributed by atoms with Gasteiger partial charge in [-0.15, -0.1) is 0 Å². The van der Waals surface area contributed by atoms with Crippen LogP contribution in [-0.4, -0.2) is 36.8 Å². The summed E-state index contributed by atoms with van der Waals surface area (Å²) in [6.07, 6.45) is 1.78. The Balaban J connectivity index is 1.37. The molecule has 0 unspecified atom stereocenters. The van der Waals surface area contributed by atoms with Crippen molar-refractivity contribution in [3.8, 4) is 5.75 Å². The van der Waals surface area contributed by atoms with Crippen LogP contribution in [0.25, 0.3) is 6.08 Å². The van der Waals surface area contributed by atoms with E-state index < -0.39 is 0 Å². The smallest absolute Gasteiger partial charge is 0.270 e. The van der Waals surface area contributed by atoms with Gasteiger partial charge in [0.15, 0.2) is 10.9 Å². The van der Waals surface area contributed by atoms with E-state index in [-0.39, 0.29) is 18.4 Å². The third-order valence-corrected chi connectivity index (χ3v) is 7.02. The molecule has 1 saturated heterocycles. The second-order valence-corrected chi connectivity index (χ2v) is 10.5. The molecule has 0 radical (unpaired) electrons. The summed E-state index contributed by atoms with van der Waals surface area (Å²) in [5.74, 6) is -0.0101. The van der Waals surface area contributed by atoms with E-state index in [0.29, 0.717) is 30.7 Å². The van der Waals surface area contributed by atoms with E-state index in [4.69, 9.17) is 40.2 Å². The molecule has 6 nitrogen and oxygen atoms in total. The van der Waals surface area contributed by atoms with Crippen molar-refractivity contribution in [1.29, 1.82) is 0 Å². The molecule has 1 fully saturated rings. The minimum atomic E-state index is -0.356. The third-order valence-electron chi connectivity index (χ3n) is 5.17. The molecule has 2 amide bonds. The van der Waals surface area contributed by atoms with Gasteiger partial charge in [-0.25, -0.2) is 0 Å². The molecular weight excluding hydrogens is 537 g/mol. The fourth-order valence-corrected chi connectivity index (χ4v) is 5.08. The predicted octanol–water partition coefficient (Wildman–Crippen LogP) is 6.48. The van der Waals surface area contributed by atoms with Crippen molar-refractivity contribution < 1.29 is 14.3 Å². The highest BCUT2D eigenvalue weighted by Crippen LogP contribution is 2.36. The molecular formula is C26H21Cl2N3O3S2. The van der Waals surface area contributed by atoms with Crippen LogP contribution in [0.1, 0.15) is 5.56 Å². The maximum Gasteiger partial charge on any atom is 0.270 e. The molecule has 0 atom stereocenters. The third kappa shape index (κ3) is 6.20. The van der Waals surface area contributed by atoms with Crippen LogP contribution in [0.15, 0.2) is 71.6 Å². The zero-order valence-corrected chi connectivity index (χ0v) is 22.5. The molecule has 0 aliphatic carbocycles. The van der Waals surface area contributed by atoms with Crippen LogP contribution in [0.2, 0.25) is 10.0 Å². The zero-order valence-electron chi connectivity index (χ0n) is 19.3. The first-order valence-electron chi connectivity index (χ1n) is 10.7. The average Bonchev–Trinajstić information content (AvgIpc) is 3.13. The van der Waals surface area contributed by atoms with E-state index in [1.807, 2.05) is 55.4 Å². The largest absolute Gasteiger partial charge is 0.484 e. The lowest BCUT2D eigenvalue weighted by molar-refractivity contribution is -0.118. The monoisotopic (exact) mass is 557 g/mol. The molecule has 0 spiro atoms. The van der Waals surface area contributed by atoms with E-state index in [1.165, 1.54) is 16.7 Å². The molecule has 0 aromatic heterocycles. The molecule has 1 N–H and O–H groups in total. The van der Waals surface area contributed by atoms with Crippen molar-refractivity contribution in [2.75, 3.05) is 35.8 Å². The minimum absolute atomic E-state index is 0.166. The van der Waals surface area contributed by atoms with Gasteiger partial charge in [0.2, 0.25) is 0 Å². The molecule has 0 saturated carbocycles. The van der Waals surface area contributed by atoms with Crippen LogP contribution in [0.4, 0.5) is 17.1 Å². The van der Waals surface area contributed by atoms with Crippen LogP contribution >= 0.6 is 47.2 Å². The average molecular weight is 559 g/mol. The van der Waals surface area contributed by atoms with E-state index in [1.54, 1.807) is 36.4 Å². The fourth-order valence-electron chi connectivity index (χ4n) is 3.33. The minimum Gasteiger partial charge on any atom is -0.484 e. The number of carbonyl (C=O) groups is 2. The Hall–Kier alpha value is -3.04. The predicted molar refractivity (Wildman–Crippen MR) is 153 cm³/mol. The highest BCUT2D eigenvalue weighted by molar-refractivity contribution is 8.27. The molecule has 3 aromatic rings. The molecule has 184 valence electrons. The maximum atomic E-state index is 13.0. The van der Waals surface area contributed by atoms with Gasteiger partial charge in [0, 0.05) is 24.8 Å². The Morgan fingerprint density at radius 1 is 1.08 bits per heavy atom. The van der Waals surface area contributed by atoms with E-state index in [9.17, 15) is 9.59 Å². The number of thioether (sulfide) groups is 1. The number of nitrogens with one attached hydrogen (secondary N) is 1. The van der Waals surface area contributed by atoms with Gasteiger partial charge in [0.25, 0.3) is 11.8 Å². The molecule has 3 aromatic carbocycles. The van der Waals surface area contributed by atoms with Crippen molar-refractivity contribution in [2.45, 2.75) is 0 Å². The van der Waals surface area contributed by atoms with Gasteiger partial charge in [-0.3, -0.25) is 14.5 Å². The summed E-state index contributed by atoms with van der Waals surface area (Å²) >= 11 is 18.7. The quantitative estimate of drug-likeness (QED) is 0.265. The van der Waals surface area contributed by atoms with Crippen molar-refractivity contribution in [1.82, 2.24) is 0 Å². The number of hydrogen-bond acceptors (Lipinski definition) is 6. The normalized spacial score (nSPS) is 14.3. The first-order valence-corrected chi connectivity index (χ1v) is 12.7. The Kier molecular flexibility index (Phi) is 8.21. The first kappa shape index (κ1) is 26.0. The number of carbonyl (C=O) groups excluding carboxylic acids is 2. The van der Waals surface area contributed by atoms with Gasteiger partial charge >= 0.3 is 0 Å². The second-order valence-electron chi connectivity index (χ2n) is 7.96. The molecule has 1 heterocycles. The van der Waals surface area contributed by atoms with Crippen molar-refractivity contribution in [2.24, 2.45) is 0 Å². The van der Waals surface area contributed by atoms with Crippen LogP contribution < -0.4 is 19.9 Å². The highest BCUT2D eigenvalue weighted by atomic mass is 35.5. The Morgan fingerprint density at radius 2 is 1.78 bits per heavy atom. The molecule has 4 rings (SSSR count). The summed E-state index contributed by atoms with van der Waals surface area (Å²) in [6, 6.07) is 19.5. The summed E-state index contributed by atoms with van der Waals surface area (Å²) in [5, 5.41) is 3.50. The van der Waals surface area contributed by atoms with Crippen LogP contribution in [0, 0.1) is 0 Å². The number of amides is 2. The van der Waals surface area contributed by atoms with Gasteiger partial charge in [0.05, 0.1) is 21.3 Å². The highest BCUT2D eigenvalue weighted by Gasteiger charge is 2.33. The number of nitrogens with zero attached hydrogens (tertiary/aromatic N) is 2. The summed E-state index contributed by atoms with van der Waals surface area (Å²) in [5.41, 5.74) is 3.03. The number of halogens is 2. The van der Waals surface area contributed by atoms with Crippen molar-refractivity contribution >= 4 is 86.5 Å². The Labute approximate surface area is 228 Å². The summed E-state index contributed by atoms with van der Waals surface area (Å²) < 4.78 is 6.04. The van der Waals surface area contributed by atoms with Gasteiger partial charge in [0.1, 0.15) is 5.75 Å². The van der Waals surface area contributed by atoms with Crippen molar-refractivity contribution in [3.63, 3.8) is 0 Å². The zero-order chi connectivity index (χ0) is 25.8. The Morgan fingerprint density at radius 3 is 2.42 bits per heavy atom. The molecule has 0 bridgehead atoms. The van der Waals surface area contributed by atoms with Gasteiger partial charge in [-0.05, 0) is 66.2 Å².